The standard InChI is InChI=1S/C11H15NO3/c1-3-15-11(14)10(13)8(2)9-6-4-5-7-12-9/h4-8,10,13H,3H2,1-2H3. The number of carbonyl (C=O) groups is 1. The van der Waals surface area contributed by atoms with Crippen LogP contribution in [0, 0.1) is 0 Å². The molecular formula is C11H15NO3. The minimum Gasteiger partial charge on any atom is -0.464 e. The van der Waals surface area contributed by atoms with Gasteiger partial charge in [-0.25, -0.2) is 4.79 Å². The van der Waals surface area contributed by atoms with Gasteiger partial charge >= 0.3 is 5.97 Å². The van der Waals surface area contributed by atoms with Crippen LogP contribution < -0.4 is 0 Å². The Morgan fingerprint density at radius 2 is 2.33 bits per heavy atom. The summed E-state index contributed by atoms with van der Waals surface area (Å²) in [5.74, 6) is -0.957. The average molecular weight is 209 g/mol. The van der Waals surface area contributed by atoms with Crippen LogP contribution >= 0.6 is 0 Å². The van der Waals surface area contributed by atoms with Crippen LogP contribution in [0.2, 0.25) is 0 Å². The first kappa shape index (κ1) is 11.7. The van der Waals surface area contributed by atoms with Gasteiger partial charge in [0.1, 0.15) is 0 Å². The Hall–Kier alpha value is -1.42. The largest absolute Gasteiger partial charge is 0.464 e. The highest BCUT2D eigenvalue weighted by Crippen LogP contribution is 2.17. The Morgan fingerprint density at radius 3 is 2.87 bits per heavy atom. The molecule has 2 atom stereocenters. The van der Waals surface area contributed by atoms with Crippen molar-refractivity contribution in [2.45, 2.75) is 25.9 Å². The van der Waals surface area contributed by atoms with Crippen molar-refractivity contribution in [1.82, 2.24) is 4.98 Å². The van der Waals surface area contributed by atoms with Crippen molar-refractivity contribution in [3.05, 3.63) is 30.1 Å². The van der Waals surface area contributed by atoms with Crippen molar-refractivity contribution in [3.63, 3.8) is 0 Å². The van der Waals surface area contributed by atoms with Gasteiger partial charge in [0.05, 0.1) is 6.61 Å². The fourth-order valence-electron chi connectivity index (χ4n) is 1.24. The monoisotopic (exact) mass is 209 g/mol. The molecule has 2 unspecified atom stereocenters. The highest BCUT2D eigenvalue weighted by Gasteiger charge is 2.25. The Labute approximate surface area is 88.9 Å². The molecule has 0 aromatic carbocycles. The van der Waals surface area contributed by atoms with Crippen LogP contribution in [-0.2, 0) is 9.53 Å². The van der Waals surface area contributed by atoms with E-state index in [0.717, 1.165) is 0 Å². The molecule has 0 spiro atoms. The predicted molar refractivity (Wildman–Crippen MR) is 55.3 cm³/mol. The van der Waals surface area contributed by atoms with E-state index in [9.17, 15) is 9.90 Å². The summed E-state index contributed by atoms with van der Waals surface area (Å²) in [6.45, 7) is 3.71. The Bertz CT molecular complexity index is 313. The van der Waals surface area contributed by atoms with Crippen molar-refractivity contribution in [2.24, 2.45) is 0 Å². The lowest BCUT2D eigenvalue weighted by molar-refractivity contribution is -0.154. The number of aliphatic hydroxyl groups is 1. The number of esters is 1. The van der Waals surface area contributed by atoms with Gasteiger partial charge < -0.3 is 9.84 Å². The van der Waals surface area contributed by atoms with Crippen molar-refractivity contribution < 1.29 is 14.6 Å². The van der Waals surface area contributed by atoms with Crippen LogP contribution in [0.5, 0.6) is 0 Å². The summed E-state index contributed by atoms with van der Waals surface area (Å²) in [5.41, 5.74) is 0.679. The maximum absolute atomic E-state index is 11.3. The van der Waals surface area contributed by atoms with E-state index in [2.05, 4.69) is 4.98 Å². The number of pyridine rings is 1. The average Bonchev–Trinajstić information content (AvgIpc) is 2.28. The number of carbonyl (C=O) groups excluding carboxylic acids is 1. The highest BCUT2D eigenvalue weighted by atomic mass is 16.5. The van der Waals surface area contributed by atoms with E-state index in [-0.39, 0.29) is 12.5 Å². The highest BCUT2D eigenvalue weighted by molar-refractivity contribution is 5.75. The minimum absolute atomic E-state index is 0.269. The Morgan fingerprint density at radius 1 is 1.60 bits per heavy atom. The minimum atomic E-state index is -1.15. The second kappa shape index (κ2) is 5.46. The van der Waals surface area contributed by atoms with Gasteiger partial charge in [0.25, 0.3) is 0 Å². The lowest BCUT2D eigenvalue weighted by Gasteiger charge is -2.16. The van der Waals surface area contributed by atoms with Crippen molar-refractivity contribution in [3.8, 4) is 0 Å². The molecular weight excluding hydrogens is 194 g/mol. The molecule has 4 heteroatoms. The number of rotatable bonds is 4. The summed E-state index contributed by atoms with van der Waals surface area (Å²) in [6, 6.07) is 5.37. The van der Waals surface area contributed by atoms with Gasteiger partial charge in [0.15, 0.2) is 6.10 Å². The lowest BCUT2D eigenvalue weighted by atomic mass is 10.0. The molecule has 0 bridgehead atoms. The van der Waals surface area contributed by atoms with Crippen LogP contribution in [0.3, 0.4) is 0 Å². The van der Waals surface area contributed by atoms with Gasteiger partial charge in [-0.3, -0.25) is 4.98 Å². The molecule has 0 fully saturated rings. The van der Waals surface area contributed by atoms with Crippen LogP contribution in [0.1, 0.15) is 25.5 Å². The molecule has 0 aliphatic carbocycles. The summed E-state index contributed by atoms with van der Waals surface area (Å²) in [6.07, 6.45) is 0.476. The summed E-state index contributed by atoms with van der Waals surface area (Å²) in [5, 5.41) is 9.66. The van der Waals surface area contributed by atoms with E-state index in [1.165, 1.54) is 0 Å². The summed E-state index contributed by atoms with van der Waals surface area (Å²) in [7, 11) is 0. The molecule has 15 heavy (non-hydrogen) atoms. The predicted octanol–water partition coefficient (Wildman–Crippen LogP) is 1.11. The van der Waals surface area contributed by atoms with Crippen LogP contribution in [0.15, 0.2) is 24.4 Å². The third-order valence-corrected chi connectivity index (χ3v) is 2.16. The van der Waals surface area contributed by atoms with Crippen LogP contribution in [0.25, 0.3) is 0 Å². The summed E-state index contributed by atoms with van der Waals surface area (Å²) in [4.78, 5) is 15.3. The Balaban J connectivity index is 2.68. The zero-order valence-corrected chi connectivity index (χ0v) is 8.88. The first-order valence-electron chi connectivity index (χ1n) is 4.92. The van der Waals surface area contributed by atoms with Crippen LogP contribution in [-0.4, -0.2) is 28.8 Å². The maximum atomic E-state index is 11.3. The quantitative estimate of drug-likeness (QED) is 0.754. The number of ether oxygens (including phenoxy) is 1. The van der Waals surface area contributed by atoms with E-state index in [4.69, 9.17) is 4.74 Å². The van der Waals surface area contributed by atoms with E-state index >= 15 is 0 Å². The topological polar surface area (TPSA) is 59.4 Å². The van der Waals surface area contributed by atoms with E-state index in [1.54, 1.807) is 32.2 Å². The zero-order valence-electron chi connectivity index (χ0n) is 8.88. The number of hydrogen-bond donors (Lipinski definition) is 1. The maximum Gasteiger partial charge on any atom is 0.335 e. The van der Waals surface area contributed by atoms with E-state index in [1.807, 2.05) is 6.07 Å². The number of aliphatic hydroxyl groups excluding tert-OH is 1. The van der Waals surface area contributed by atoms with Crippen molar-refractivity contribution in [1.29, 1.82) is 0 Å². The second-order valence-corrected chi connectivity index (χ2v) is 3.24. The lowest BCUT2D eigenvalue weighted by Crippen LogP contribution is -2.28. The molecule has 1 N–H and O–H groups in total. The normalized spacial score (nSPS) is 14.3. The Kier molecular flexibility index (Phi) is 4.24. The number of nitrogens with zero attached hydrogens (tertiary/aromatic N) is 1. The molecule has 1 aromatic heterocycles. The molecule has 4 nitrogen and oxygen atoms in total. The van der Waals surface area contributed by atoms with Gasteiger partial charge in [0, 0.05) is 17.8 Å². The van der Waals surface area contributed by atoms with Gasteiger partial charge in [-0.1, -0.05) is 13.0 Å². The smallest absolute Gasteiger partial charge is 0.335 e. The van der Waals surface area contributed by atoms with Gasteiger partial charge in [-0.05, 0) is 19.1 Å². The third-order valence-electron chi connectivity index (χ3n) is 2.16. The summed E-state index contributed by atoms with van der Waals surface area (Å²) >= 11 is 0. The second-order valence-electron chi connectivity index (χ2n) is 3.24. The molecule has 0 aliphatic heterocycles. The molecule has 1 heterocycles. The van der Waals surface area contributed by atoms with Gasteiger partial charge in [0.2, 0.25) is 0 Å². The molecule has 0 amide bonds. The molecule has 82 valence electrons. The van der Waals surface area contributed by atoms with Crippen molar-refractivity contribution >= 4 is 5.97 Å². The number of aromatic nitrogens is 1. The first-order chi connectivity index (χ1) is 7.16. The van der Waals surface area contributed by atoms with E-state index < -0.39 is 12.1 Å². The zero-order chi connectivity index (χ0) is 11.3. The summed E-state index contributed by atoms with van der Waals surface area (Å²) < 4.78 is 4.73. The van der Waals surface area contributed by atoms with Crippen LogP contribution in [0.4, 0.5) is 0 Å². The third kappa shape index (κ3) is 3.02. The van der Waals surface area contributed by atoms with E-state index in [0.29, 0.717) is 5.69 Å². The first-order valence-corrected chi connectivity index (χ1v) is 4.92. The molecule has 0 saturated heterocycles. The fourth-order valence-corrected chi connectivity index (χ4v) is 1.24. The van der Waals surface area contributed by atoms with Crippen molar-refractivity contribution in [2.75, 3.05) is 6.61 Å². The van der Waals surface area contributed by atoms with Gasteiger partial charge in [-0.2, -0.15) is 0 Å². The molecule has 1 rings (SSSR count). The SMILES string of the molecule is CCOC(=O)C(O)C(C)c1ccccn1. The number of hydrogen-bond acceptors (Lipinski definition) is 4. The molecule has 0 radical (unpaired) electrons. The molecule has 0 aliphatic rings. The fraction of sp³-hybridized carbons (Fsp3) is 0.455. The molecule has 1 aromatic rings. The molecule has 0 saturated carbocycles. The van der Waals surface area contributed by atoms with Gasteiger partial charge in [-0.15, -0.1) is 0 Å².